The summed E-state index contributed by atoms with van der Waals surface area (Å²) in [7, 11) is 1.64. The Morgan fingerprint density at radius 2 is 2.00 bits per heavy atom. The van der Waals surface area contributed by atoms with E-state index in [-0.39, 0.29) is 5.56 Å². The van der Waals surface area contributed by atoms with Crippen LogP contribution in [-0.4, -0.2) is 28.1 Å². The summed E-state index contributed by atoms with van der Waals surface area (Å²) in [5.41, 5.74) is 2.17. The van der Waals surface area contributed by atoms with Crippen LogP contribution in [0.5, 0.6) is 0 Å². The van der Waals surface area contributed by atoms with Crippen LogP contribution in [-0.2, 0) is 6.42 Å². The van der Waals surface area contributed by atoms with E-state index in [1.807, 2.05) is 24.3 Å². The molecule has 0 fully saturated rings. The lowest BCUT2D eigenvalue weighted by Gasteiger charge is -2.07. The van der Waals surface area contributed by atoms with Crippen molar-refractivity contribution in [1.29, 1.82) is 0 Å². The average molecular weight is 257 g/mol. The lowest BCUT2D eigenvalue weighted by molar-refractivity contribution is 0.0697. The summed E-state index contributed by atoms with van der Waals surface area (Å²) in [5.74, 6) is -0.216. The standard InChI is InChI=1S/C14H15N3O2/c1-3-9-4-6-10(7-5-9)12-16-8-11(14(18)19)13(15-2)17-12/h4-8H,3H2,1-2H3,(H,18,19)(H,15,16,17). The zero-order chi connectivity index (χ0) is 13.8. The molecule has 19 heavy (non-hydrogen) atoms. The highest BCUT2D eigenvalue weighted by Crippen LogP contribution is 2.19. The third-order valence-electron chi connectivity index (χ3n) is 2.88. The molecule has 0 bridgehead atoms. The predicted molar refractivity (Wildman–Crippen MR) is 73.4 cm³/mol. The largest absolute Gasteiger partial charge is 0.477 e. The van der Waals surface area contributed by atoms with E-state index in [4.69, 9.17) is 5.11 Å². The molecular weight excluding hydrogens is 242 g/mol. The summed E-state index contributed by atoms with van der Waals surface area (Å²) in [6, 6.07) is 7.91. The smallest absolute Gasteiger partial charge is 0.341 e. The summed E-state index contributed by atoms with van der Waals surface area (Å²) in [6.45, 7) is 2.09. The number of anilines is 1. The summed E-state index contributed by atoms with van der Waals surface area (Å²) in [4.78, 5) is 19.3. The van der Waals surface area contributed by atoms with E-state index in [2.05, 4.69) is 22.2 Å². The van der Waals surface area contributed by atoms with E-state index in [1.54, 1.807) is 7.05 Å². The minimum absolute atomic E-state index is 0.0661. The second kappa shape index (κ2) is 5.48. The van der Waals surface area contributed by atoms with Crippen LogP contribution in [0, 0.1) is 0 Å². The van der Waals surface area contributed by atoms with E-state index >= 15 is 0 Å². The number of carboxylic acids is 1. The van der Waals surface area contributed by atoms with Crippen molar-refractivity contribution in [1.82, 2.24) is 9.97 Å². The first-order valence-corrected chi connectivity index (χ1v) is 6.03. The van der Waals surface area contributed by atoms with Gasteiger partial charge in [-0.2, -0.15) is 0 Å². The van der Waals surface area contributed by atoms with Gasteiger partial charge < -0.3 is 10.4 Å². The van der Waals surface area contributed by atoms with Crippen molar-refractivity contribution in [2.45, 2.75) is 13.3 Å². The zero-order valence-corrected chi connectivity index (χ0v) is 10.8. The summed E-state index contributed by atoms with van der Waals surface area (Å²) in [6.07, 6.45) is 2.30. The molecule has 0 spiro atoms. The van der Waals surface area contributed by atoms with Gasteiger partial charge in [0, 0.05) is 18.8 Å². The van der Waals surface area contributed by atoms with Crippen molar-refractivity contribution in [3.05, 3.63) is 41.6 Å². The van der Waals surface area contributed by atoms with Crippen LogP contribution in [0.15, 0.2) is 30.5 Å². The fourth-order valence-electron chi connectivity index (χ4n) is 1.76. The second-order valence-electron chi connectivity index (χ2n) is 4.06. The van der Waals surface area contributed by atoms with Gasteiger partial charge in [-0.05, 0) is 12.0 Å². The first kappa shape index (κ1) is 13.0. The molecule has 0 radical (unpaired) electrons. The molecule has 98 valence electrons. The Bertz CT molecular complexity index is 594. The molecule has 5 nitrogen and oxygen atoms in total. The highest BCUT2D eigenvalue weighted by molar-refractivity contribution is 5.93. The van der Waals surface area contributed by atoms with Crippen LogP contribution in [0.25, 0.3) is 11.4 Å². The van der Waals surface area contributed by atoms with Crippen LogP contribution in [0.4, 0.5) is 5.82 Å². The summed E-state index contributed by atoms with van der Waals surface area (Å²) >= 11 is 0. The van der Waals surface area contributed by atoms with Crippen molar-refractivity contribution in [3.63, 3.8) is 0 Å². The van der Waals surface area contributed by atoms with Gasteiger partial charge in [0.2, 0.25) is 0 Å². The molecule has 0 unspecified atom stereocenters. The van der Waals surface area contributed by atoms with Gasteiger partial charge in [0.1, 0.15) is 11.4 Å². The molecule has 0 amide bonds. The monoisotopic (exact) mass is 257 g/mol. The Morgan fingerprint density at radius 3 is 2.53 bits per heavy atom. The van der Waals surface area contributed by atoms with Crippen LogP contribution in [0.2, 0.25) is 0 Å². The van der Waals surface area contributed by atoms with Gasteiger partial charge in [-0.25, -0.2) is 14.8 Å². The van der Waals surface area contributed by atoms with Crippen LogP contribution in [0.3, 0.4) is 0 Å². The Labute approximate surface area is 111 Å². The maximum atomic E-state index is 11.0. The molecule has 5 heteroatoms. The van der Waals surface area contributed by atoms with E-state index in [1.165, 1.54) is 11.8 Å². The lowest BCUT2D eigenvalue weighted by atomic mass is 10.1. The average Bonchev–Trinajstić information content (AvgIpc) is 2.46. The third kappa shape index (κ3) is 2.70. The van der Waals surface area contributed by atoms with E-state index in [9.17, 15) is 4.79 Å². The zero-order valence-electron chi connectivity index (χ0n) is 10.8. The predicted octanol–water partition coefficient (Wildman–Crippen LogP) is 2.45. The molecular formula is C14H15N3O2. The van der Waals surface area contributed by atoms with Crippen molar-refractivity contribution in [2.75, 3.05) is 12.4 Å². The summed E-state index contributed by atoms with van der Waals surface area (Å²) < 4.78 is 0. The maximum Gasteiger partial charge on any atom is 0.341 e. The van der Waals surface area contributed by atoms with Crippen molar-refractivity contribution in [2.24, 2.45) is 0 Å². The number of benzene rings is 1. The van der Waals surface area contributed by atoms with Crippen molar-refractivity contribution >= 4 is 11.8 Å². The Balaban J connectivity index is 2.42. The number of aromatic carboxylic acids is 1. The Morgan fingerprint density at radius 1 is 1.32 bits per heavy atom. The topological polar surface area (TPSA) is 75.1 Å². The van der Waals surface area contributed by atoms with Gasteiger partial charge in [-0.1, -0.05) is 31.2 Å². The number of hydrogen-bond donors (Lipinski definition) is 2. The first-order chi connectivity index (χ1) is 9.15. The van der Waals surface area contributed by atoms with Gasteiger partial charge in [-0.15, -0.1) is 0 Å². The number of carbonyl (C=O) groups is 1. The van der Waals surface area contributed by atoms with Crippen LogP contribution < -0.4 is 5.32 Å². The van der Waals surface area contributed by atoms with E-state index < -0.39 is 5.97 Å². The minimum Gasteiger partial charge on any atom is -0.477 e. The van der Waals surface area contributed by atoms with Gasteiger partial charge in [0.15, 0.2) is 5.82 Å². The highest BCUT2D eigenvalue weighted by Gasteiger charge is 2.13. The molecule has 1 aromatic carbocycles. The highest BCUT2D eigenvalue weighted by atomic mass is 16.4. The van der Waals surface area contributed by atoms with Gasteiger partial charge in [0.05, 0.1) is 0 Å². The van der Waals surface area contributed by atoms with Crippen LogP contribution in [0.1, 0.15) is 22.8 Å². The molecule has 2 N–H and O–H groups in total. The number of aryl methyl sites for hydroxylation is 1. The van der Waals surface area contributed by atoms with Crippen LogP contribution >= 0.6 is 0 Å². The molecule has 0 saturated heterocycles. The Kier molecular flexibility index (Phi) is 3.75. The minimum atomic E-state index is -1.04. The molecule has 1 heterocycles. The van der Waals surface area contributed by atoms with Crippen molar-refractivity contribution in [3.8, 4) is 11.4 Å². The molecule has 0 aliphatic heterocycles. The number of hydrogen-bond acceptors (Lipinski definition) is 4. The number of rotatable bonds is 4. The van der Waals surface area contributed by atoms with E-state index in [0.29, 0.717) is 11.6 Å². The van der Waals surface area contributed by atoms with E-state index in [0.717, 1.165) is 12.0 Å². The third-order valence-corrected chi connectivity index (χ3v) is 2.88. The number of carboxylic acid groups (broad SMARTS) is 1. The van der Waals surface area contributed by atoms with Gasteiger partial charge in [-0.3, -0.25) is 0 Å². The quantitative estimate of drug-likeness (QED) is 0.879. The Hall–Kier alpha value is -2.43. The van der Waals surface area contributed by atoms with Gasteiger partial charge in [0.25, 0.3) is 0 Å². The normalized spacial score (nSPS) is 10.2. The van der Waals surface area contributed by atoms with Crippen molar-refractivity contribution < 1.29 is 9.90 Å². The molecule has 2 rings (SSSR count). The molecule has 2 aromatic rings. The molecule has 0 aliphatic rings. The fourth-order valence-corrected chi connectivity index (χ4v) is 1.76. The van der Waals surface area contributed by atoms with Gasteiger partial charge >= 0.3 is 5.97 Å². The first-order valence-electron chi connectivity index (χ1n) is 6.03. The lowest BCUT2D eigenvalue weighted by Crippen LogP contribution is -2.07. The SMILES string of the molecule is CCc1ccc(-c2ncc(C(=O)O)c(NC)n2)cc1. The maximum absolute atomic E-state index is 11.0. The second-order valence-corrected chi connectivity index (χ2v) is 4.06. The molecule has 1 aromatic heterocycles. The number of nitrogens with zero attached hydrogens (tertiary/aromatic N) is 2. The fraction of sp³-hybridized carbons (Fsp3) is 0.214. The molecule has 0 atom stereocenters. The molecule has 0 saturated carbocycles. The number of nitrogens with one attached hydrogen (secondary N) is 1. The number of aromatic nitrogens is 2. The summed E-state index contributed by atoms with van der Waals surface area (Å²) in [5, 5.41) is 11.8. The molecule has 0 aliphatic carbocycles.